The van der Waals surface area contributed by atoms with Crippen LogP contribution in [0.3, 0.4) is 0 Å². The van der Waals surface area contributed by atoms with Gasteiger partial charge in [0, 0.05) is 5.75 Å². The van der Waals surface area contributed by atoms with Gasteiger partial charge in [-0.05, 0) is 26.0 Å². The first-order valence-corrected chi connectivity index (χ1v) is 4.88. The minimum Gasteiger partial charge on any atom is -0.396 e. The van der Waals surface area contributed by atoms with Crippen LogP contribution in [0.25, 0.3) is 0 Å². The van der Waals surface area contributed by atoms with Gasteiger partial charge >= 0.3 is 0 Å². The van der Waals surface area contributed by atoms with E-state index in [0.29, 0.717) is 0 Å². The van der Waals surface area contributed by atoms with E-state index < -0.39 is 0 Å². The molecule has 0 unspecified atom stereocenters. The molecular formula is C8H15NOS. The van der Waals surface area contributed by atoms with E-state index in [9.17, 15) is 0 Å². The molecule has 0 aromatic carbocycles. The number of aliphatic hydroxyl groups is 1. The van der Waals surface area contributed by atoms with Crippen molar-refractivity contribution in [2.75, 3.05) is 18.1 Å². The summed E-state index contributed by atoms with van der Waals surface area (Å²) in [4.78, 5) is 0. The maximum atomic E-state index is 8.64. The monoisotopic (exact) mass is 173 g/mol. The smallest absolute Gasteiger partial charge is 0.0684 e. The van der Waals surface area contributed by atoms with E-state index >= 15 is 0 Å². The first-order chi connectivity index (χ1) is 5.12. The van der Waals surface area contributed by atoms with E-state index in [0.717, 1.165) is 17.9 Å². The summed E-state index contributed by atoms with van der Waals surface area (Å²) < 4.78 is 0. The van der Waals surface area contributed by atoms with Crippen molar-refractivity contribution in [3.05, 3.63) is 0 Å². The molecule has 1 N–H and O–H groups in total. The molecule has 64 valence electrons. The number of rotatable bonds is 5. The zero-order chi connectivity index (χ0) is 8.74. The molecule has 3 heteroatoms. The summed E-state index contributed by atoms with van der Waals surface area (Å²) in [6, 6.07) is 2.24. The highest BCUT2D eigenvalue weighted by molar-refractivity contribution is 7.99. The van der Waals surface area contributed by atoms with Gasteiger partial charge < -0.3 is 5.11 Å². The van der Waals surface area contributed by atoms with Gasteiger partial charge in [0.2, 0.25) is 0 Å². The fourth-order valence-corrected chi connectivity index (χ4v) is 1.54. The molecule has 0 fully saturated rings. The lowest BCUT2D eigenvalue weighted by molar-refractivity contribution is 0.322. The van der Waals surface area contributed by atoms with Crippen molar-refractivity contribution in [2.24, 2.45) is 5.41 Å². The molecule has 0 aromatic heterocycles. The summed E-state index contributed by atoms with van der Waals surface area (Å²) in [5.41, 5.74) is -0.206. The van der Waals surface area contributed by atoms with Crippen LogP contribution in [-0.4, -0.2) is 23.2 Å². The van der Waals surface area contributed by atoms with E-state index in [-0.39, 0.29) is 12.0 Å². The molecule has 2 nitrogen and oxygen atoms in total. The first kappa shape index (κ1) is 10.8. The second-order valence-electron chi connectivity index (χ2n) is 3.08. The molecule has 0 rings (SSSR count). The minimum atomic E-state index is -0.206. The Balaban J connectivity index is 3.32. The molecule has 0 heterocycles. The lowest BCUT2D eigenvalue weighted by atomic mass is 9.93. The van der Waals surface area contributed by atoms with Crippen molar-refractivity contribution in [1.29, 1.82) is 5.26 Å². The predicted molar refractivity (Wildman–Crippen MR) is 48.4 cm³/mol. The molecule has 0 atom stereocenters. The Hall–Kier alpha value is -0.200. The number of aliphatic hydroxyl groups excluding tert-OH is 1. The lowest BCUT2D eigenvalue weighted by Crippen LogP contribution is -2.09. The minimum absolute atomic E-state index is 0.206. The van der Waals surface area contributed by atoms with Crippen molar-refractivity contribution in [3.63, 3.8) is 0 Å². The van der Waals surface area contributed by atoms with Crippen LogP contribution in [0.4, 0.5) is 0 Å². The van der Waals surface area contributed by atoms with E-state index in [1.54, 1.807) is 11.8 Å². The highest BCUT2D eigenvalue weighted by Gasteiger charge is 2.15. The summed E-state index contributed by atoms with van der Waals surface area (Å²) in [6.45, 7) is 4.11. The van der Waals surface area contributed by atoms with Crippen LogP contribution < -0.4 is 0 Å². The number of nitriles is 1. The predicted octanol–water partition coefficient (Wildman–Crippen LogP) is 1.65. The number of hydrogen-bond donors (Lipinski definition) is 1. The highest BCUT2D eigenvalue weighted by atomic mass is 32.2. The maximum absolute atomic E-state index is 8.64. The molecule has 0 aliphatic carbocycles. The van der Waals surface area contributed by atoms with Gasteiger partial charge in [-0.25, -0.2) is 0 Å². The normalized spacial score (nSPS) is 11.1. The van der Waals surface area contributed by atoms with Gasteiger partial charge in [-0.2, -0.15) is 17.0 Å². The van der Waals surface area contributed by atoms with E-state index in [2.05, 4.69) is 6.07 Å². The third-order valence-electron chi connectivity index (χ3n) is 1.41. The fourth-order valence-electron chi connectivity index (χ4n) is 0.550. The Labute approximate surface area is 72.6 Å². The average molecular weight is 173 g/mol. The van der Waals surface area contributed by atoms with Crippen molar-refractivity contribution in [2.45, 2.75) is 20.3 Å². The molecule has 0 aromatic rings. The lowest BCUT2D eigenvalue weighted by Gasteiger charge is -2.13. The van der Waals surface area contributed by atoms with Crippen molar-refractivity contribution < 1.29 is 5.11 Å². The molecule has 0 aliphatic rings. The van der Waals surface area contributed by atoms with Gasteiger partial charge in [-0.15, -0.1) is 0 Å². The van der Waals surface area contributed by atoms with Gasteiger partial charge in [-0.1, -0.05) is 0 Å². The van der Waals surface area contributed by atoms with Crippen LogP contribution in [0, 0.1) is 16.7 Å². The molecule has 0 saturated heterocycles. The summed E-state index contributed by atoms with van der Waals surface area (Å²) in [6.07, 6.45) is 0.897. The molecule has 0 spiro atoms. The quantitative estimate of drug-likeness (QED) is 0.643. The van der Waals surface area contributed by atoms with E-state index in [4.69, 9.17) is 10.4 Å². The molecule has 0 radical (unpaired) electrons. The second kappa shape index (κ2) is 5.45. The Morgan fingerprint density at radius 1 is 1.45 bits per heavy atom. The summed E-state index contributed by atoms with van der Waals surface area (Å²) in [7, 11) is 0. The van der Waals surface area contributed by atoms with Crippen LogP contribution in [0.2, 0.25) is 0 Å². The molecule has 11 heavy (non-hydrogen) atoms. The zero-order valence-corrected chi connectivity index (χ0v) is 7.95. The van der Waals surface area contributed by atoms with Gasteiger partial charge in [0.05, 0.1) is 18.1 Å². The average Bonchev–Trinajstić information content (AvgIpc) is 1.99. The molecular weight excluding hydrogens is 158 g/mol. The summed E-state index contributed by atoms with van der Waals surface area (Å²) in [5.74, 6) is 1.74. The Kier molecular flexibility index (Phi) is 5.35. The van der Waals surface area contributed by atoms with Gasteiger partial charge in [0.1, 0.15) is 0 Å². The molecule has 0 bridgehead atoms. The maximum Gasteiger partial charge on any atom is 0.0684 e. The van der Waals surface area contributed by atoms with Crippen LogP contribution in [-0.2, 0) is 0 Å². The zero-order valence-electron chi connectivity index (χ0n) is 7.13. The second-order valence-corrected chi connectivity index (χ2v) is 4.31. The summed E-state index contributed by atoms with van der Waals surface area (Å²) in [5, 5.41) is 17.1. The largest absolute Gasteiger partial charge is 0.396 e. The van der Waals surface area contributed by atoms with Gasteiger partial charge in [0.25, 0.3) is 0 Å². The van der Waals surface area contributed by atoms with Gasteiger partial charge in [0.15, 0.2) is 0 Å². The Morgan fingerprint density at radius 2 is 2.09 bits per heavy atom. The third kappa shape index (κ3) is 6.21. The third-order valence-corrected chi connectivity index (χ3v) is 2.37. The van der Waals surface area contributed by atoms with E-state index in [1.165, 1.54) is 0 Å². The standard InChI is InChI=1S/C8H15NOS/c1-8(2,7-9)3-5-11-6-4-10/h10H,3-6H2,1-2H3. The van der Waals surface area contributed by atoms with Crippen molar-refractivity contribution in [1.82, 2.24) is 0 Å². The SMILES string of the molecule is CC(C)(C#N)CCSCCO. The van der Waals surface area contributed by atoms with Crippen molar-refractivity contribution in [3.8, 4) is 6.07 Å². The fraction of sp³-hybridized carbons (Fsp3) is 0.875. The topological polar surface area (TPSA) is 44.0 Å². The number of thioether (sulfide) groups is 1. The Bertz CT molecular complexity index is 140. The summed E-state index contributed by atoms with van der Waals surface area (Å²) >= 11 is 1.69. The first-order valence-electron chi connectivity index (χ1n) is 3.72. The highest BCUT2D eigenvalue weighted by Crippen LogP contribution is 2.20. The number of nitrogens with zero attached hydrogens (tertiary/aromatic N) is 1. The molecule has 0 amide bonds. The van der Waals surface area contributed by atoms with Crippen LogP contribution >= 0.6 is 11.8 Å². The van der Waals surface area contributed by atoms with E-state index in [1.807, 2.05) is 13.8 Å². The van der Waals surface area contributed by atoms with Gasteiger partial charge in [-0.3, -0.25) is 0 Å². The number of hydrogen-bond acceptors (Lipinski definition) is 3. The van der Waals surface area contributed by atoms with Crippen LogP contribution in [0.15, 0.2) is 0 Å². The van der Waals surface area contributed by atoms with Crippen molar-refractivity contribution >= 4 is 11.8 Å². The van der Waals surface area contributed by atoms with Crippen LogP contribution in [0.5, 0.6) is 0 Å². The van der Waals surface area contributed by atoms with Crippen LogP contribution in [0.1, 0.15) is 20.3 Å². The molecule has 0 aliphatic heterocycles. The Morgan fingerprint density at radius 3 is 2.55 bits per heavy atom. The molecule has 0 saturated carbocycles.